The van der Waals surface area contributed by atoms with Crippen LogP contribution in [0.2, 0.25) is 0 Å². The average molecular weight is 227 g/mol. The lowest BCUT2D eigenvalue weighted by molar-refractivity contribution is 0.171. The second-order valence-corrected chi connectivity index (χ2v) is 4.18. The van der Waals surface area contributed by atoms with E-state index in [2.05, 4.69) is 13.0 Å². The fourth-order valence-electron chi connectivity index (χ4n) is 1.16. The lowest BCUT2D eigenvalue weighted by Crippen LogP contribution is -2.16. The summed E-state index contributed by atoms with van der Waals surface area (Å²) in [6, 6.07) is 0. The van der Waals surface area contributed by atoms with Crippen LogP contribution < -0.4 is 0 Å². The Labute approximate surface area is 95.3 Å². The van der Waals surface area contributed by atoms with E-state index in [0.717, 1.165) is 12.2 Å². The van der Waals surface area contributed by atoms with Crippen LogP contribution in [0.4, 0.5) is 4.79 Å². The highest BCUT2D eigenvalue weighted by Crippen LogP contribution is 2.20. The molecule has 15 heavy (non-hydrogen) atoms. The first-order valence-electron chi connectivity index (χ1n) is 5.15. The van der Waals surface area contributed by atoms with Gasteiger partial charge in [0, 0.05) is 5.75 Å². The molecule has 1 aliphatic heterocycles. The van der Waals surface area contributed by atoms with Crippen molar-refractivity contribution in [2.45, 2.75) is 20.3 Å². The molecule has 4 heteroatoms. The molecule has 0 atom stereocenters. The van der Waals surface area contributed by atoms with E-state index in [-0.39, 0.29) is 6.09 Å². The van der Waals surface area contributed by atoms with Gasteiger partial charge in [-0.3, -0.25) is 0 Å². The molecule has 1 amide bonds. The monoisotopic (exact) mass is 227 g/mol. The number of carbonyl (C=O) groups excluding carboxylic acids is 1. The Morgan fingerprint density at radius 1 is 1.67 bits per heavy atom. The number of hydrogen-bond donors (Lipinski definition) is 0. The number of ether oxygens (including phenoxy) is 1. The second-order valence-electron chi connectivity index (χ2n) is 3.19. The molecule has 1 heterocycles. The average Bonchev–Trinajstić information content (AvgIpc) is 2.65. The van der Waals surface area contributed by atoms with Gasteiger partial charge in [-0.15, -0.1) is 0 Å². The van der Waals surface area contributed by atoms with Crippen LogP contribution in [0, 0.1) is 0 Å². The lowest BCUT2D eigenvalue weighted by atomic mass is 10.2. The predicted octanol–water partition coefficient (Wildman–Crippen LogP) is 3.00. The molecular formula is C11H17NO2S. The molecule has 1 fully saturated rings. The van der Waals surface area contributed by atoms with Gasteiger partial charge < -0.3 is 4.74 Å². The summed E-state index contributed by atoms with van der Waals surface area (Å²) in [7, 11) is 0. The minimum atomic E-state index is -0.207. The van der Waals surface area contributed by atoms with E-state index in [1.54, 1.807) is 4.31 Å². The van der Waals surface area contributed by atoms with E-state index in [4.69, 9.17) is 4.74 Å². The van der Waals surface area contributed by atoms with Crippen molar-refractivity contribution in [3.8, 4) is 0 Å². The zero-order valence-corrected chi connectivity index (χ0v) is 10.0. The van der Waals surface area contributed by atoms with Crippen LogP contribution in [-0.4, -0.2) is 29.3 Å². The highest BCUT2D eigenvalue weighted by atomic mass is 32.2. The Bertz CT molecular complexity index is 274. The molecule has 1 saturated heterocycles. The van der Waals surface area contributed by atoms with Gasteiger partial charge in [-0.1, -0.05) is 30.7 Å². The number of amides is 1. The standard InChI is InChI=1S/C11H17NO2S/c1-3-5-6-10(4-2)9-15-12-7-8-14-11(12)13/h3,5-6H,4,7-9H2,1-2H3/b5-3-,10-6+. The van der Waals surface area contributed by atoms with Gasteiger partial charge in [0.25, 0.3) is 0 Å². The molecule has 0 N–H and O–H groups in total. The third-order valence-corrected chi connectivity index (χ3v) is 3.25. The van der Waals surface area contributed by atoms with Crippen molar-refractivity contribution in [3.63, 3.8) is 0 Å². The van der Waals surface area contributed by atoms with Crippen LogP contribution in [-0.2, 0) is 4.74 Å². The normalized spacial score (nSPS) is 17.6. The molecule has 0 unspecified atom stereocenters. The molecule has 1 rings (SSSR count). The second kappa shape index (κ2) is 6.56. The fourth-order valence-corrected chi connectivity index (χ4v) is 2.14. The Kier molecular flexibility index (Phi) is 5.32. The summed E-state index contributed by atoms with van der Waals surface area (Å²) in [6.45, 7) is 5.34. The van der Waals surface area contributed by atoms with Crippen molar-refractivity contribution in [1.29, 1.82) is 0 Å². The van der Waals surface area contributed by atoms with Gasteiger partial charge in [-0.25, -0.2) is 9.10 Å². The molecule has 0 saturated carbocycles. The molecule has 3 nitrogen and oxygen atoms in total. The number of nitrogens with zero attached hydrogens (tertiary/aromatic N) is 1. The van der Waals surface area contributed by atoms with Crippen LogP contribution in [0.1, 0.15) is 20.3 Å². The van der Waals surface area contributed by atoms with Crippen molar-refractivity contribution >= 4 is 18.0 Å². The maximum Gasteiger partial charge on any atom is 0.420 e. The first-order chi connectivity index (χ1) is 7.27. The number of rotatable bonds is 5. The first-order valence-corrected chi connectivity index (χ1v) is 6.10. The van der Waals surface area contributed by atoms with Gasteiger partial charge >= 0.3 is 6.09 Å². The third-order valence-electron chi connectivity index (χ3n) is 2.11. The van der Waals surface area contributed by atoms with Crippen molar-refractivity contribution in [2.75, 3.05) is 18.9 Å². The zero-order chi connectivity index (χ0) is 11.1. The SMILES string of the molecule is C/C=C\C=C(/CC)CSN1CCOC1=O. The molecule has 84 valence electrons. The quantitative estimate of drug-likeness (QED) is 0.534. The van der Waals surface area contributed by atoms with Crippen molar-refractivity contribution in [2.24, 2.45) is 0 Å². The van der Waals surface area contributed by atoms with E-state index in [0.29, 0.717) is 13.2 Å². The molecule has 0 bridgehead atoms. The van der Waals surface area contributed by atoms with Gasteiger partial charge in [0.1, 0.15) is 6.61 Å². The number of cyclic esters (lactones) is 1. The Morgan fingerprint density at radius 3 is 3.00 bits per heavy atom. The van der Waals surface area contributed by atoms with Crippen LogP contribution in [0.3, 0.4) is 0 Å². The van der Waals surface area contributed by atoms with E-state index >= 15 is 0 Å². The Balaban J connectivity index is 2.36. The number of hydrogen-bond acceptors (Lipinski definition) is 3. The third kappa shape index (κ3) is 4.00. The summed E-state index contributed by atoms with van der Waals surface area (Å²) < 4.78 is 6.52. The van der Waals surface area contributed by atoms with Gasteiger partial charge in [0.15, 0.2) is 0 Å². The minimum Gasteiger partial charge on any atom is -0.447 e. The van der Waals surface area contributed by atoms with E-state index in [1.807, 2.05) is 19.1 Å². The van der Waals surface area contributed by atoms with Crippen LogP contribution in [0.25, 0.3) is 0 Å². The summed E-state index contributed by atoms with van der Waals surface area (Å²) >= 11 is 1.53. The largest absolute Gasteiger partial charge is 0.447 e. The summed E-state index contributed by atoms with van der Waals surface area (Å²) in [5, 5.41) is 0. The Hall–Kier alpha value is -0.900. The highest BCUT2D eigenvalue weighted by Gasteiger charge is 2.22. The van der Waals surface area contributed by atoms with Gasteiger partial charge in [-0.2, -0.15) is 0 Å². The van der Waals surface area contributed by atoms with Crippen molar-refractivity contribution < 1.29 is 9.53 Å². The van der Waals surface area contributed by atoms with Crippen LogP contribution in [0.15, 0.2) is 23.8 Å². The van der Waals surface area contributed by atoms with Gasteiger partial charge in [0.2, 0.25) is 0 Å². The van der Waals surface area contributed by atoms with Crippen molar-refractivity contribution in [3.05, 3.63) is 23.8 Å². The summed E-state index contributed by atoms with van der Waals surface area (Å²) in [4.78, 5) is 11.1. The summed E-state index contributed by atoms with van der Waals surface area (Å²) in [5.41, 5.74) is 1.33. The molecule has 0 aromatic heterocycles. The van der Waals surface area contributed by atoms with Crippen LogP contribution in [0.5, 0.6) is 0 Å². The van der Waals surface area contributed by atoms with E-state index in [9.17, 15) is 4.79 Å². The molecule has 0 aliphatic carbocycles. The van der Waals surface area contributed by atoms with Gasteiger partial charge in [0.05, 0.1) is 6.54 Å². The highest BCUT2D eigenvalue weighted by molar-refractivity contribution is 7.97. The number of carbonyl (C=O) groups is 1. The predicted molar refractivity (Wildman–Crippen MR) is 63.7 cm³/mol. The molecule has 0 spiro atoms. The molecule has 0 aromatic rings. The molecule has 0 aromatic carbocycles. The van der Waals surface area contributed by atoms with E-state index < -0.39 is 0 Å². The number of allylic oxidation sites excluding steroid dienone is 3. The molecule has 0 radical (unpaired) electrons. The maximum atomic E-state index is 11.1. The topological polar surface area (TPSA) is 29.5 Å². The van der Waals surface area contributed by atoms with Crippen LogP contribution >= 0.6 is 11.9 Å². The lowest BCUT2D eigenvalue weighted by Gasteiger charge is -2.11. The van der Waals surface area contributed by atoms with Crippen molar-refractivity contribution in [1.82, 2.24) is 4.31 Å². The summed E-state index contributed by atoms with van der Waals surface area (Å²) in [6.07, 6.45) is 6.95. The zero-order valence-electron chi connectivity index (χ0n) is 9.23. The smallest absolute Gasteiger partial charge is 0.420 e. The van der Waals surface area contributed by atoms with Gasteiger partial charge in [-0.05, 0) is 25.3 Å². The fraction of sp³-hybridized carbons (Fsp3) is 0.545. The Morgan fingerprint density at radius 2 is 2.47 bits per heavy atom. The minimum absolute atomic E-state index is 0.207. The molecular weight excluding hydrogens is 210 g/mol. The first kappa shape index (κ1) is 12.2. The van der Waals surface area contributed by atoms with E-state index in [1.165, 1.54) is 17.5 Å². The molecule has 1 aliphatic rings. The summed E-state index contributed by atoms with van der Waals surface area (Å²) in [5.74, 6) is 0.857. The maximum absolute atomic E-state index is 11.1.